The molecule has 0 bridgehead atoms. The van der Waals surface area contributed by atoms with E-state index in [4.69, 9.17) is 4.52 Å². The molecule has 6 heteroatoms. The Balaban J connectivity index is 1.40. The van der Waals surface area contributed by atoms with Gasteiger partial charge in [0.2, 0.25) is 0 Å². The molecule has 1 N–H and O–H groups in total. The fourth-order valence-corrected chi connectivity index (χ4v) is 3.87. The van der Waals surface area contributed by atoms with Crippen LogP contribution in [0.25, 0.3) is 22.4 Å². The van der Waals surface area contributed by atoms with Crippen LogP contribution in [0.3, 0.4) is 0 Å². The molecular weight excluding hydrogens is 376 g/mol. The highest BCUT2D eigenvalue weighted by Gasteiger charge is 2.29. The second kappa shape index (κ2) is 7.63. The van der Waals surface area contributed by atoms with Crippen LogP contribution in [0.1, 0.15) is 34.4 Å². The number of H-pyrrole nitrogens is 1. The Morgan fingerprint density at radius 3 is 2.53 bits per heavy atom. The van der Waals surface area contributed by atoms with Gasteiger partial charge in [0.15, 0.2) is 0 Å². The van der Waals surface area contributed by atoms with Crippen LogP contribution in [-0.2, 0) is 19.4 Å². The van der Waals surface area contributed by atoms with Crippen LogP contribution in [0.2, 0.25) is 0 Å². The molecule has 0 fully saturated rings. The Labute approximate surface area is 174 Å². The second-order valence-corrected chi connectivity index (χ2v) is 7.48. The molecule has 0 saturated heterocycles. The fourth-order valence-electron chi connectivity index (χ4n) is 3.87. The molecule has 2 aromatic heterocycles. The molecule has 0 atom stereocenters. The van der Waals surface area contributed by atoms with Gasteiger partial charge < -0.3 is 9.42 Å². The normalized spacial score (nSPS) is 13.3. The maximum Gasteiger partial charge on any atom is 0.274 e. The van der Waals surface area contributed by atoms with Crippen molar-refractivity contribution in [3.63, 3.8) is 0 Å². The van der Waals surface area contributed by atoms with Crippen LogP contribution in [0, 0.1) is 0 Å². The van der Waals surface area contributed by atoms with Crippen LogP contribution < -0.4 is 0 Å². The second-order valence-electron chi connectivity index (χ2n) is 7.48. The Morgan fingerprint density at radius 2 is 1.80 bits per heavy atom. The topological polar surface area (TPSA) is 75.0 Å². The largest absolute Gasteiger partial charge is 0.360 e. The highest BCUT2D eigenvalue weighted by molar-refractivity contribution is 5.92. The van der Waals surface area contributed by atoms with E-state index in [1.807, 2.05) is 36.1 Å². The van der Waals surface area contributed by atoms with E-state index < -0.39 is 0 Å². The number of hydrogen-bond donors (Lipinski definition) is 1. The molecule has 0 unspecified atom stereocenters. The van der Waals surface area contributed by atoms with Gasteiger partial charge in [0.1, 0.15) is 17.1 Å². The van der Waals surface area contributed by atoms with E-state index in [1.54, 1.807) is 0 Å². The first kappa shape index (κ1) is 18.4. The van der Waals surface area contributed by atoms with Crippen LogP contribution in [0.5, 0.6) is 0 Å². The smallest absolute Gasteiger partial charge is 0.274 e. The predicted octanol–water partition coefficient (Wildman–Crippen LogP) is 4.49. The third-order valence-corrected chi connectivity index (χ3v) is 5.61. The fraction of sp³-hybridized carbons (Fsp3) is 0.208. The molecule has 30 heavy (non-hydrogen) atoms. The van der Waals surface area contributed by atoms with Crippen molar-refractivity contribution in [2.24, 2.45) is 0 Å². The lowest BCUT2D eigenvalue weighted by atomic mass is 9.98. The molecule has 6 nitrogen and oxygen atoms in total. The highest BCUT2D eigenvalue weighted by atomic mass is 16.5. The summed E-state index contributed by atoms with van der Waals surface area (Å²) in [6, 6.07) is 20.4. The SMILES string of the molecule is CCc1cc(C(=O)N2CCc3onc(-c4ccc(-c5ccccc5)cc4)c3C2)n[nH]1. The first-order valence-electron chi connectivity index (χ1n) is 10.2. The lowest BCUT2D eigenvalue weighted by molar-refractivity contribution is 0.0723. The van der Waals surface area contributed by atoms with Gasteiger partial charge in [-0.25, -0.2) is 0 Å². The predicted molar refractivity (Wildman–Crippen MR) is 114 cm³/mol. The van der Waals surface area contributed by atoms with Crippen LogP contribution >= 0.6 is 0 Å². The average Bonchev–Trinajstić information content (AvgIpc) is 3.46. The van der Waals surface area contributed by atoms with E-state index in [2.05, 4.69) is 51.8 Å². The number of nitrogens with one attached hydrogen (secondary N) is 1. The van der Waals surface area contributed by atoms with Crippen molar-refractivity contribution in [1.29, 1.82) is 0 Å². The Hall–Kier alpha value is -3.67. The summed E-state index contributed by atoms with van der Waals surface area (Å²) in [4.78, 5) is 14.7. The minimum Gasteiger partial charge on any atom is -0.360 e. The van der Waals surface area contributed by atoms with E-state index in [9.17, 15) is 4.79 Å². The molecular formula is C24H22N4O2. The zero-order valence-corrected chi connectivity index (χ0v) is 16.8. The number of carbonyl (C=O) groups is 1. The monoisotopic (exact) mass is 398 g/mol. The lowest BCUT2D eigenvalue weighted by Crippen LogP contribution is -2.35. The maximum absolute atomic E-state index is 12.9. The molecule has 0 radical (unpaired) electrons. The Morgan fingerprint density at radius 1 is 1.07 bits per heavy atom. The van der Waals surface area contributed by atoms with Crippen LogP contribution in [-0.4, -0.2) is 32.7 Å². The van der Waals surface area contributed by atoms with Gasteiger partial charge in [-0.2, -0.15) is 5.10 Å². The summed E-state index contributed by atoms with van der Waals surface area (Å²) in [6.45, 7) is 3.10. The van der Waals surface area contributed by atoms with Gasteiger partial charge in [0.25, 0.3) is 5.91 Å². The van der Waals surface area contributed by atoms with E-state index in [0.29, 0.717) is 25.2 Å². The standard InChI is InChI=1S/C24H22N4O2/c1-2-19-14-21(26-25-19)24(29)28-13-12-22-20(15-28)23(27-30-22)18-10-8-17(9-11-18)16-6-4-3-5-7-16/h3-11,14H,2,12-13,15H2,1H3,(H,25,26). The van der Waals surface area contributed by atoms with Gasteiger partial charge in [-0.3, -0.25) is 9.89 Å². The van der Waals surface area contributed by atoms with Gasteiger partial charge in [-0.05, 0) is 23.6 Å². The van der Waals surface area contributed by atoms with Gasteiger partial charge in [-0.15, -0.1) is 0 Å². The lowest BCUT2D eigenvalue weighted by Gasteiger charge is -2.25. The van der Waals surface area contributed by atoms with Crippen LogP contribution in [0.15, 0.2) is 65.2 Å². The third-order valence-electron chi connectivity index (χ3n) is 5.61. The summed E-state index contributed by atoms with van der Waals surface area (Å²) in [5, 5.41) is 11.4. The van der Waals surface area contributed by atoms with Crippen molar-refractivity contribution >= 4 is 5.91 Å². The van der Waals surface area contributed by atoms with Crippen molar-refractivity contribution in [2.75, 3.05) is 6.54 Å². The van der Waals surface area contributed by atoms with E-state index in [0.717, 1.165) is 40.3 Å². The van der Waals surface area contributed by atoms with Gasteiger partial charge in [-0.1, -0.05) is 66.7 Å². The van der Waals surface area contributed by atoms with Crippen molar-refractivity contribution in [2.45, 2.75) is 26.3 Å². The van der Waals surface area contributed by atoms with Crippen molar-refractivity contribution in [3.8, 4) is 22.4 Å². The third kappa shape index (κ3) is 3.30. The molecule has 5 rings (SSSR count). The number of benzene rings is 2. The van der Waals surface area contributed by atoms with E-state index in [-0.39, 0.29) is 5.91 Å². The van der Waals surface area contributed by atoms with E-state index >= 15 is 0 Å². The van der Waals surface area contributed by atoms with Crippen molar-refractivity contribution < 1.29 is 9.32 Å². The molecule has 1 aliphatic heterocycles. The molecule has 0 aliphatic carbocycles. The van der Waals surface area contributed by atoms with Gasteiger partial charge in [0, 0.05) is 29.8 Å². The number of nitrogens with zero attached hydrogens (tertiary/aromatic N) is 3. The molecule has 2 aromatic carbocycles. The average molecular weight is 398 g/mol. The summed E-state index contributed by atoms with van der Waals surface area (Å²) in [7, 11) is 0. The Kier molecular flexibility index (Phi) is 4.67. The molecule has 0 spiro atoms. The summed E-state index contributed by atoms with van der Waals surface area (Å²) in [5.41, 5.74) is 6.52. The summed E-state index contributed by atoms with van der Waals surface area (Å²) in [6.07, 6.45) is 1.47. The maximum atomic E-state index is 12.9. The first-order chi connectivity index (χ1) is 14.7. The summed E-state index contributed by atoms with van der Waals surface area (Å²) in [5.74, 6) is 0.792. The number of hydrogen-bond acceptors (Lipinski definition) is 4. The molecule has 3 heterocycles. The number of aryl methyl sites for hydroxylation is 1. The van der Waals surface area contributed by atoms with Gasteiger partial charge >= 0.3 is 0 Å². The molecule has 1 aliphatic rings. The Bertz CT molecular complexity index is 1180. The minimum atomic E-state index is -0.0665. The minimum absolute atomic E-state index is 0.0665. The number of aromatic nitrogens is 3. The zero-order valence-electron chi connectivity index (χ0n) is 16.8. The number of carbonyl (C=O) groups excluding carboxylic acids is 1. The highest BCUT2D eigenvalue weighted by Crippen LogP contribution is 2.32. The molecule has 1 amide bonds. The van der Waals surface area contributed by atoms with E-state index in [1.165, 1.54) is 5.56 Å². The summed E-state index contributed by atoms with van der Waals surface area (Å²) >= 11 is 0. The number of rotatable bonds is 4. The van der Waals surface area contributed by atoms with Gasteiger partial charge in [0.05, 0.1) is 6.54 Å². The molecule has 0 saturated carbocycles. The van der Waals surface area contributed by atoms with Crippen molar-refractivity contribution in [1.82, 2.24) is 20.3 Å². The number of amides is 1. The van der Waals surface area contributed by atoms with Crippen LogP contribution in [0.4, 0.5) is 0 Å². The quantitative estimate of drug-likeness (QED) is 0.549. The first-order valence-corrected chi connectivity index (χ1v) is 10.2. The summed E-state index contributed by atoms with van der Waals surface area (Å²) < 4.78 is 5.60. The zero-order chi connectivity index (χ0) is 20.5. The van der Waals surface area contributed by atoms with Crippen molar-refractivity contribution in [3.05, 3.63) is 83.4 Å². The number of aromatic amines is 1. The molecule has 4 aromatic rings. The number of fused-ring (bicyclic) bond motifs is 1. The molecule has 150 valence electrons.